The van der Waals surface area contributed by atoms with Crippen LogP contribution in [0.1, 0.15) is 50.8 Å². The molecular weight excluding hydrogens is 783 g/mol. The first-order chi connectivity index (χ1) is 28.1. The maximum Gasteiger partial charge on any atom is 0.411 e. The van der Waals surface area contributed by atoms with Crippen molar-refractivity contribution in [3.05, 3.63) is 125 Å². The van der Waals surface area contributed by atoms with E-state index in [0.29, 0.717) is 50.2 Å². The lowest BCUT2D eigenvalue weighted by molar-refractivity contribution is 0.0594. The van der Waals surface area contributed by atoms with Gasteiger partial charge in [-0.25, -0.2) is 13.2 Å². The van der Waals surface area contributed by atoms with E-state index < -0.39 is 24.2 Å². The SMILES string of the molecule is CC(C)(C)[Si](C)(C)OC(CNCc1ccc(S(=O)(=O)CNCCN2CCC(OC(=O)Nc3ccccc3-c3ccccc3)CC2)cc1)c1ccc(O)c2[nH]c(=O)ccc12. The number of likely N-dealkylation sites (tertiary alicyclic amines) is 1. The van der Waals surface area contributed by atoms with Crippen LogP contribution in [0, 0.1) is 0 Å². The highest BCUT2D eigenvalue weighted by molar-refractivity contribution is 7.91. The molecule has 0 aliphatic carbocycles. The molecule has 1 unspecified atom stereocenters. The predicted molar refractivity (Wildman–Crippen MR) is 237 cm³/mol. The van der Waals surface area contributed by atoms with Crippen LogP contribution < -0.4 is 21.5 Å². The second kappa shape index (κ2) is 19.0. The molecule has 0 saturated carbocycles. The van der Waals surface area contributed by atoms with Crippen molar-refractivity contribution in [2.45, 2.75) is 75.4 Å². The van der Waals surface area contributed by atoms with Crippen LogP contribution in [0.15, 0.2) is 113 Å². The predicted octanol–water partition coefficient (Wildman–Crippen LogP) is 7.79. The van der Waals surface area contributed by atoms with Crippen molar-refractivity contribution in [3.63, 3.8) is 0 Å². The second-order valence-corrected chi connectivity index (χ2v) is 23.4. The number of aromatic amines is 1. The number of ether oxygens (including phenoxy) is 1. The van der Waals surface area contributed by atoms with Gasteiger partial charge in [-0.1, -0.05) is 87.5 Å². The number of nitrogens with one attached hydrogen (secondary N) is 4. The molecule has 59 heavy (non-hydrogen) atoms. The molecule has 5 N–H and O–H groups in total. The van der Waals surface area contributed by atoms with Crippen LogP contribution in [0.2, 0.25) is 18.1 Å². The molecule has 4 aromatic carbocycles. The molecule has 1 amide bonds. The molecule has 0 radical (unpaired) electrons. The Hall–Kier alpha value is -4.83. The number of carbonyl (C=O) groups is 1. The van der Waals surface area contributed by atoms with E-state index in [0.717, 1.165) is 40.7 Å². The number of fused-ring (bicyclic) bond motifs is 1. The molecule has 5 aromatic rings. The Morgan fingerprint density at radius 1 is 0.915 bits per heavy atom. The summed E-state index contributed by atoms with van der Waals surface area (Å²) in [7, 11) is -5.80. The molecule has 0 bridgehead atoms. The van der Waals surface area contributed by atoms with E-state index in [1.807, 2.05) is 72.8 Å². The van der Waals surface area contributed by atoms with E-state index in [9.17, 15) is 23.1 Å². The number of sulfone groups is 1. The largest absolute Gasteiger partial charge is 0.506 e. The lowest BCUT2D eigenvalue weighted by Gasteiger charge is -2.39. The Balaban J connectivity index is 0.945. The highest BCUT2D eigenvalue weighted by atomic mass is 32.2. The lowest BCUT2D eigenvalue weighted by atomic mass is 10.0. The van der Waals surface area contributed by atoms with E-state index in [1.54, 1.807) is 24.3 Å². The molecule has 1 saturated heterocycles. The molecule has 1 fully saturated rings. The minimum atomic E-state index is -3.56. The number of hydrogen-bond acceptors (Lipinski definition) is 10. The zero-order valence-corrected chi connectivity index (χ0v) is 36.4. The van der Waals surface area contributed by atoms with Crippen molar-refractivity contribution < 1.29 is 27.5 Å². The average molecular weight is 840 g/mol. The van der Waals surface area contributed by atoms with E-state index in [-0.39, 0.29) is 39.3 Å². The van der Waals surface area contributed by atoms with E-state index in [1.165, 1.54) is 6.07 Å². The summed E-state index contributed by atoms with van der Waals surface area (Å²) >= 11 is 0. The van der Waals surface area contributed by atoms with Crippen LogP contribution in [-0.2, 0) is 25.5 Å². The first-order valence-corrected chi connectivity index (χ1v) is 24.8. The third kappa shape index (κ3) is 11.5. The molecule has 14 heteroatoms. The van der Waals surface area contributed by atoms with Crippen molar-refractivity contribution in [2.75, 3.05) is 43.9 Å². The molecule has 0 spiro atoms. The number of para-hydroxylation sites is 1. The fourth-order valence-corrected chi connectivity index (χ4v) is 9.39. The van der Waals surface area contributed by atoms with Gasteiger partial charge in [-0.2, -0.15) is 0 Å². The number of carbonyl (C=O) groups excluding carboxylic acids is 1. The maximum absolute atomic E-state index is 13.2. The molecule has 12 nitrogen and oxygen atoms in total. The van der Waals surface area contributed by atoms with Gasteiger partial charge in [0, 0.05) is 56.3 Å². The summed E-state index contributed by atoms with van der Waals surface area (Å²) in [5.41, 5.74) is 4.50. The Morgan fingerprint density at radius 2 is 1.61 bits per heavy atom. The molecule has 1 aliphatic heterocycles. The lowest BCUT2D eigenvalue weighted by Crippen LogP contribution is -2.43. The number of pyridine rings is 1. The van der Waals surface area contributed by atoms with Gasteiger partial charge in [0.2, 0.25) is 5.56 Å². The van der Waals surface area contributed by atoms with Crippen LogP contribution in [0.5, 0.6) is 5.75 Å². The Bertz CT molecular complexity index is 2360. The normalized spacial score (nSPS) is 14.9. The zero-order valence-electron chi connectivity index (χ0n) is 34.6. The highest BCUT2D eigenvalue weighted by Crippen LogP contribution is 2.41. The average Bonchev–Trinajstić information content (AvgIpc) is 3.20. The van der Waals surface area contributed by atoms with Gasteiger partial charge in [-0.15, -0.1) is 0 Å². The quantitative estimate of drug-likeness (QED) is 0.0490. The van der Waals surface area contributed by atoms with Crippen molar-refractivity contribution in [1.29, 1.82) is 0 Å². The van der Waals surface area contributed by atoms with E-state index in [2.05, 4.69) is 59.7 Å². The monoisotopic (exact) mass is 839 g/mol. The van der Waals surface area contributed by atoms with Gasteiger partial charge in [-0.3, -0.25) is 10.1 Å². The second-order valence-electron chi connectivity index (χ2n) is 16.7. The van der Waals surface area contributed by atoms with Gasteiger partial charge in [0.25, 0.3) is 0 Å². The van der Waals surface area contributed by atoms with Crippen LogP contribution in [0.25, 0.3) is 22.0 Å². The number of H-pyrrole nitrogens is 1. The summed E-state index contributed by atoms with van der Waals surface area (Å²) in [6.45, 7) is 14.5. The van der Waals surface area contributed by atoms with Gasteiger partial charge in [0.1, 0.15) is 17.7 Å². The fourth-order valence-electron chi connectivity index (χ4n) is 6.98. The number of phenolic OH excluding ortho intramolecular Hbond substituents is 1. The first kappa shape index (κ1) is 43.7. The number of anilines is 1. The Morgan fingerprint density at radius 3 is 2.32 bits per heavy atom. The third-order valence-electron chi connectivity index (χ3n) is 11.4. The van der Waals surface area contributed by atoms with Crippen molar-refractivity contribution in [3.8, 4) is 16.9 Å². The molecule has 1 aliphatic rings. The number of phenols is 1. The number of aromatic hydroxyl groups is 1. The summed E-state index contributed by atoms with van der Waals surface area (Å²) < 4.78 is 39.1. The standard InChI is InChI=1S/C45H57N5O7SSi/c1-45(2,3)59(4,5)57-41(37-19-21-40(51)43-38(37)20-22-42(52)49-43)30-47-29-32-15-17-35(18-16-32)58(54,55)31-46-25-28-50-26-23-34(24-27-50)56-44(53)48-39-14-10-9-13-36(39)33-11-7-6-8-12-33/h6-22,34,41,46-47,51H,23-31H2,1-5H3,(H,48,53)(H,49,52). The maximum atomic E-state index is 13.2. The topological polar surface area (TPSA) is 162 Å². The Kier molecular flexibility index (Phi) is 14.1. The molecule has 6 rings (SSSR count). The van der Waals surface area contributed by atoms with Gasteiger partial charge in [-0.05, 0) is 78.0 Å². The van der Waals surface area contributed by atoms with Crippen molar-refractivity contribution in [2.24, 2.45) is 0 Å². The summed E-state index contributed by atoms with van der Waals surface area (Å²) in [6, 6.07) is 31.1. The van der Waals surface area contributed by atoms with Crippen LogP contribution in [-0.4, -0.2) is 82.5 Å². The van der Waals surface area contributed by atoms with Gasteiger partial charge in [0.05, 0.1) is 22.2 Å². The van der Waals surface area contributed by atoms with Crippen LogP contribution in [0.4, 0.5) is 10.5 Å². The summed E-state index contributed by atoms with van der Waals surface area (Å²) in [5, 5.41) is 20.7. The highest BCUT2D eigenvalue weighted by Gasteiger charge is 2.39. The van der Waals surface area contributed by atoms with Crippen molar-refractivity contribution >= 4 is 40.8 Å². The first-order valence-electron chi connectivity index (χ1n) is 20.2. The van der Waals surface area contributed by atoms with Crippen LogP contribution >= 0.6 is 0 Å². The number of amides is 1. The van der Waals surface area contributed by atoms with E-state index >= 15 is 0 Å². The minimum absolute atomic E-state index is 0.00155. The van der Waals surface area contributed by atoms with Gasteiger partial charge in [0.15, 0.2) is 18.2 Å². The molecule has 1 aromatic heterocycles. The molecular formula is C45H57N5O7SSi. The number of nitrogens with zero attached hydrogens (tertiary/aromatic N) is 1. The van der Waals surface area contributed by atoms with E-state index in [4.69, 9.17) is 9.16 Å². The molecule has 2 heterocycles. The number of piperidine rings is 1. The summed E-state index contributed by atoms with van der Waals surface area (Å²) in [4.78, 5) is 30.1. The Labute approximate surface area is 348 Å². The van der Waals surface area contributed by atoms with Gasteiger partial charge >= 0.3 is 6.09 Å². The number of benzene rings is 4. The number of hydrogen-bond donors (Lipinski definition) is 5. The fraction of sp³-hybridized carbons (Fsp3) is 0.378. The number of aromatic nitrogens is 1. The smallest absolute Gasteiger partial charge is 0.411 e. The molecule has 1 atom stereocenters. The minimum Gasteiger partial charge on any atom is -0.506 e. The summed E-state index contributed by atoms with van der Waals surface area (Å²) in [6.07, 6.45) is 0.381. The van der Waals surface area contributed by atoms with Crippen molar-refractivity contribution in [1.82, 2.24) is 20.5 Å². The van der Waals surface area contributed by atoms with Crippen LogP contribution in [0.3, 0.4) is 0 Å². The number of rotatable bonds is 16. The third-order valence-corrected chi connectivity index (χ3v) is 17.5. The summed E-state index contributed by atoms with van der Waals surface area (Å²) in [5.74, 6) is -0.175. The molecule has 314 valence electrons. The van der Waals surface area contributed by atoms with Gasteiger partial charge < -0.3 is 34.8 Å². The zero-order chi connectivity index (χ0) is 42.2.